The van der Waals surface area contributed by atoms with Crippen LogP contribution in [0, 0.1) is 6.92 Å². The van der Waals surface area contributed by atoms with Crippen molar-refractivity contribution in [2.45, 2.75) is 39.3 Å². The minimum atomic E-state index is -0.249. The molecule has 7 heteroatoms. The first kappa shape index (κ1) is 21.6. The summed E-state index contributed by atoms with van der Waals surface area (Å²) < 4.78 is 5.04. The number of hydrogen-bond donors (Lipinski definition) is 1. The van der Waals surface area contributed by atoms with Gasteiger partial charge in [-0.3, -0.25) is 14.6 Å². The van der Waals surface area contributed by atoms with Gasteiger partial charge in [-0.1, -0.05) is 29.8 Å². The van der Waals surface area contributed by atoms with Gasteiger partial charge in [-0.2, -0.15) is 0 Å². The molecule has 2 fully saturated rings. The molecule has 2 amide bonds. The molecule has 0 atom stereocenters. The Morgan fingerprint density at radius 1 is 1.07 bits per heavy atom. The molecular weight excluding hydrogens is 368 g/mol. The van der Waals surface area contributed by atoms with Crippen molar-refractivity contribution in [2.75, 3.05) is 52.4 Å². The third kappa shape index (κ3) is 6.72. The van der Waals surface area contributed by atoms with Gasteiger partial charge in [0, 0.05) is 51.9 Å². The largest absolute Gasteiger partial charge is 0.450 e. The summed E-state index contributed by atoms with van der Waals surface area (Å²) in [6.45, 7) is 10.8. The van der Waals surface area contributed by atoms with E-state index in [4.69, 9.17) is 4.74 Å². The molecule has 0 unspecified atom stereocenters. The van der Waals surface area contributed by atoms with Gasteiger partial charge in [0.2, 0.25) is 5.91 Å². The number of carbonyl (C=O) groups is 2. The number of piperidine rings is 1. The predicted octanol–water partition coefficient (Wildman–Crippen LogP) is 1.85. The van der Waals surface area contributed by atoms with Crippen LogP contribution in [0.3, 0.4) is 0 Å². The van der Waals surface area contributed by atoms with Crippen LogP contribution in [0.1, 0.15) is 30.9 Å². The second-order valence-corrected chi connectivity index (χ2v) is 8.07. The normalized spacial score (nSPS) is 19.2. The Kier molecular flexibility index (Phi) is 7.89. The van der Waals surface area contributed by atoms with Gasteiger partial charge in [-0.25, -0.2) is 4.79 Å². The van der Waals surface area contributed by atoms with E-state index in [1.54, 1.807) is 4.90 Å². The molecule has 2 aliphatic heterocycles. The Hall–Kier alpha value is -2.12. The molecule has 1 N–H and O–H groups in total. The highest BCUT2D eigenvalue weighted by molar-refractivity contribution is 5.78. The molecule has 0 saturated carbocycles. The number of amides is 2. The Bertz CT molecular complexity index is 680. The predicted molar refractivity (Wildman–Crippen MR) is 113 cm³/mol. The molecule has 160 valence electrons. The first-order chi connectivity index (χ1) is 14.0. The van der Waals surface area contributed by atoms with Crippen molar-refractivity contribution in [2.24, 2.45) is 0 Å². The number of ether oxygens (including phenoxy) is 1. The zero-order valence-electron chi connectivity index (χ0n) is 17.7. The van der Waals surface area contributed by atoms with Gasteiger partial charge in [0.15, 0.2) is 0 Å². The summed E-state index contributed by atoms with van der Waals surface area (Å²) >= 11 is 0. The summed E-state index contributed by atoms with van der Waals surface area (Å²) in [6.07, 6.45) is 1.32. The Labute approximate surface area is 174 Å². The molecule has 0 spiro atoms. The molecule has 7 nitrogen and oxygen atoms in total. The van der Waals surface area contributed by atoms with Gasteiger partial charge in [0.05, 0.1) is 13.2 Å². The molecule has 0 aromatic heterocycles. The van der Waals surface area contributed by atoms with Crippen molar-refractivity contribution in [1.29, 1.82) is 0 Å². The lowest BCUT2D eigenvalue weighted by Crippen LogP contribution is -2.52. The standard InChI is InChI=1S/C22H34N4O3/c1-3-29-22(28)26-9-7-20(8-10-26)23-21(27)17-25-13-11-24(12-14-25)16-19-6-4-5-18(2)15-19/h4-6,15,20H,3,7-14,16-17H2,1-2H3,(H,23,27). The number of piperazine rings is 1. The SMILES string of the molecule is CCOC(=O)N1CCC(NC(=O)CN2CCN(Cc3cccc(C)c3)CC2)CC1. The fraction of sp³-hybridized carbons (Fsp3) is 0.636. The average molecular weight is 403 g/mol. The van der Waals surface area contributed by atoms with Gasteiger partial charge >= 0.3 is 6.09 Å². The van der Waals surface area contributed by atoms with Gasteiger partial charge in [0.25, 0.3) is 0 Å². The van der Waals surface area contributed by atoms with Gasteiger partial charge < -0.3 is 15.0 Å². The first-order valence-electron chi connectivity index (χ1n) is 10.7. The molecule has 2 heterocycles. The molecular formula is C22H34N4O3. The lowest BCUT2D eigenvalue weighted by molar-refractivity contribution is -0.123. The number of benzene rings is 1. The van der Waals surface area contributed by atoms with Crippen molar-refractivity contribution in [1.82, 2.24) is 20.0 Å². The quantitative estimate of drug-likeness (QED) is 0.787. The van der Waals surface area contributed by atoms with E-state index < -0.39 is 0 Å². The third-order valence-corrected chi connectivity index (χ3v) is 5.71. The van der Waals surface area contributed by atoms with Gasteiger partial charge in [-0.15, -0.1) is 0 Å². The lowest BCUT2D eigenvalue weighted by atomic mass is 10.1. The van der Waals surface area contributed by atoms with E-state index in [1.165, 1.54) is 11.1 Å². The second kappa shape index (κ2) is 10.6. The summed E-state index contributed by atoms with van der Waals surface area (Å²) in [4.78, 5) is 30.6. The smallest absolute Gasteiger partial charge is 0.409 e. The number of aryl methyl sites for hydroxylation is 1. The fourth-order valence-corrected chi connectivity index (χ4v) is 4.07. The molecule has 3 rings (SSSR count). The maximum absolute atomic E-state index is 12.4. The molecule has 1 aromatic rings. The molecule has 0 radical (unpaired) electrons. The van der Waals surface area contributed by atoms with Crippen LogP contribution >= 0.6 is 0 Å². The molecule has 2 saturated heterocycles. The number of nitrogens with one attached hydrogen (secondary N) is 1. The topological polar surface area (TPSA) is 65.1 Å². The van der Waals surface area contributed by atoms with Gasteiger partial charge in [-0.05, 0) is 32.3 Å². The zero-order chi connectivity index (χ0) is 20.6. The van der Waals surface area contributed by atoms with Crippen molar-refractivity contribution < 1.29 is 14.3 Å². The van der Waals surface area contributed by atoms with Crippen molar-refractivity contribution in [3.8, 4) is 0 Å². The number of hydrogen-bond acceptors (Lipinski definition) is 5. The van der Waals surface area contributed by atoms with E-state index in [9.17, 15) is 9.59 Å². The fourth-order valence-electron chi connectivity index (χ4n) is 4.07. The monoisotopic (exact) mass is 402 g/mol. The second-order valence-electron chi connectivity index (χ2n) is 8.07. The maximum atomic E-state index is 12.4. The minimum absolute atomic E-state index is 0.0896. The number of carbonyl (C=O) groups excluding carboxylic acids is 2. The summed E-state index contributed by atoms with van der Waals surface area (Å²) in [7, 11) is 0. The maximum Gasteiger partial charge on any atom is 0.409 e. The third-order valence-electron chi connectivity index (χ3n) is 5.71. The number of nitrogens with zero attached hydrogens (tertiary/aromatic N) is 3. The van der Waals surface area contributed by atoms with Crippen LogP contribution in [-0.4, -0.2) is 85.2 Å². The van der Waals surface area contributed by atoms with Crippen LogP contribution in [0.5, 0.6) is 0 Å². The highest BCUT2D eigenvalue weighted by Crippen LogP contribution is 2.13. The average Bonchev–Trinajstić information content (AvgIpc) is 2.70. The van der Waals surface area contributed by atoms with Crippen LogP contribution in [-0.2, 0) is 16.1 Å². The van der Waals surface area contributed by atoms with E-state index in [0.29, 0.717) is 26.2 Å². The first-order valence-corrected chi connectivity index (χ1v) is 10.7. The van der Waals surface area contributed by atoms with Crippen molar-refractivity contribution >= 4 is 12.0 Å². The van der Waals surface area contributed by atoms with E-state index in [1.807, 2.05) is 6.92 Å². The zero-order valence-corrected chi connectivity index (χ0v) is 17.7. The van der Waals surface area contributed by atoms with Crippen LogP contribution in [0.4, 0.5) is 4.79 Å². The van der Waals surface area contributed by atoms with Crippen LogP contribution in [0.2, 0.25) is 0 Å². The van der Waals surface area contributed by atoms with Crippen molar-refractivity contribution in [3.63, 3.8) is 0 Å². The molecule has 29 heavy (non-hydrogen) atoms. The summed E-state index contributed by atoms with van der Waals surface area (Å²) in [5.74, 6) is 0.0896. The Morgan fingerprint density at radius 2 is 1.76 bits per heavy atom. The number of rotatable bonds is 6. The van der Waals surface area contributed by atoms with E-state index in [0.717, 1.165) is 45.6 Å². The summed E-state index contributed by atoms with van der Waals surface area (Å²) in [5, 5.41) is 3.14. The molecule has 0 bridgehead atoms. The molecule has 2 aliphatic rings. The van der Waals surface area contributed by atoms with E-state index in [-0.39, 0.29) is 18.0 Å². The van der Waals surface area contributed by atoms with E-state index in [2.05, 4.69) is 46.3 Å². The van der Waals surface area contributed by atoms with Gasteiger partial charge in [0.1, 0.15) is 0 Å². The van der Waals surface area contributed by atoms with Crippen molar-refractivity contribution in [3.05, 3.63) is 35.4 Å². The van der Waals surface area contributed by atoms with E-state index >= 15 is 0 Å². The van der Waals surface area contributed by atoms with Crippen LogP contribution in [0.15, 0.2) is 24.3 Å². The highest BCUT2D eigenvalue weighted by Gasteiger charge is 2.25. The lowest BCUT2D eigenvalue weighted by Gasteiger charge is -2.35. The van der Waals surface area contributed by atoms with Crippen LogP contribution < -0.4 is 5.32 Å². The number of likely N-dealkylation sites (tertiary alicyclic amines) is 1. The molecule has 0 aliphatic carbocycles. The molecule has 1 aromatic carbocycles. The van der Waals surface area contributed by atoms with Crippen LogP contribution in [0.25, 0.3) is 0 Å². The Balaban J connectivity index is 1.33. The summed E-state index contributed by atoms with van der Waals surface area (Å²) in [5.41, 5.74) is 2.65. The highest BCUT2D eigenvalue weighted by atomic mass is 16.6. The minimum Gasteiger partial charge on any atom is -0.450 e. The summed E-state index contributed by atoms with van der Waals surface area (Å²) in [6, 6.07) is 8.81. The Morgan fingerprint density at radius 3 is 2.41 bits per heavy atom.